The lowest BCUT2D eigenvalue weighted by Crippen LogP contribution is -2.24. The van der Waals surface area contributed by atoms with Crippen LogP contribution in [-0.2, 0) is 16.3 Å². The number of nitrogens with one attached hydrogen (secondary N) is 1. The highest BCUT2D eigenvalue weighted by Gasteiger charge is 2.22. The predicted molar refractivity (Wildman–Crippen MR) is 64.2 cm³/mol. The van der Waals surface area contributed by atoms with Crippen molar-refractivity contribution < 1.29 is 12.8 Å². The second kappa shape index (κ2) is 4.74. The fourth-order valence-electron chi connectivity index (χ4n) is 2.33. The van der Waals surface area contributed by atoms with E-state index in [1.165, 1.54) is 6.07 Å². The minimum atomic E-state index is -3.51. The van der Waals surface area contributed by atoms with E-state index in [0.717, 1.165) is 25.6 Å². The van der Waals surface area contributed by atoms with E-state index in [9.17, 15) is 12.8 Å². The van der Waals surface area contributed by atoms with Gasteiger partial charge in [-0.1, -0.05) is 12.1 Å². The van der Waals surface area contributed by atoms with Crippen LogP contribution >= 0.6 is 0 Å². The molecule has 1 fully saturated rings. The average molecular weight is 257 g/mol. The van der Waals surface area contributed by atoms with Crippen LogP contribution in [0, 0.1) is 5.82 Å². The van der Waals surface area contributed by atoms with Crippen molar-refractivity contribution in [1.29, 1.82) is 0 Å². The molecule has 1 unspecified atom stereocenters. The summed E-state index contributed by atoms with van der Waals surface area (Å²) in [6, 6.07) is 4.72. The molecule has 0 saturated carbocycles. The Labute approximate surface area is 101 Å². The first-order valence-corrected chi connectivity index (χ1v) is 7.58. The Bertz CT molecular complexity index is 507. The second-order valence-electron chi connectivity index (χ2n) is 4.50. The van der Waals surface area contributed by atoms with E-state index in [-0.39, 0.29) is 10.9 Å². The highest BCUT2D eigenvalue weighted by Crippen LogP contribution is 2.22. The molecule has 0 spiro atoms. The van der Waals surface area contributed by atoms with Crippen molar-refractivity contribution in [3.05, 3.63) is 29.6 Å². The molecule has 1 N–H and O–H groups in total. The molecular formula is C12H16FNO2S. The lowest BCUT2D eigenvalue weighted by molar-refractivity contribution is 0.552. The summed E-state index contributed by atoms with van der Waals surface area (Å²) >= 11 is 0. The van der Waals surface area contributed by atoms with Crippen LogP contribution in [-0.4, -0.2) is 27.3 Å². The van der Waals surface area contributed by atoms with Gasteiger partial charge in [0.15, 0.2) is 9.84 Å². The molecule has 94 valence electrons. The van der Waals surface area contributed by atoms with Gasteiger partial charge >= 0.3 is 0 Å². The van der Waals surface area contributed by atoms with Crippen LogP contribution in [0.1, 0.15) is 18.4 Å². The quantitative estimate of drug-likeness (QED) is 0.893. The van der Waals surface area contributed by atoms with Crippen molar-refractivity contribution in [3.8, 4) is 0 Å². The van der Waals surface area contributed by atoms with Gasteiger partial charge in [0.2, 0.25) is 0 Å². The van der Waals surface area contributed by atoms with Crippen molar-refractivity contribution in [1.82, 2.24) is 5.32 Å². The van der Waals surface area contributed by atoms with Crippen molar-refractivity contribution in [2.24, 2.45) is 0 Å². The number of hydrogen-bond acceptors (Lipinski definition) is 3. The number of rotatable bonds is 3. The molecule has 1 saturated heterocycles. The van der Waals surface area contributed by atoms with E-state index in [2.05, 4.69) is 5.32 Å². The molecule has 17 heavy (non-hydrogen) atoms. The molecule has 1 aliphatic rings. The van der Waals surface area contributed by atoms with E-state index in [4.69, 9.17) is 0 Å². The van der Waals surface area contributed by atoms with Crippen LogP contribution in [0.2, 0.25) is 0 Å². The summed E-state index contributed by atoms with van der Waals surface area (Å²) in [5.41, 5.74) is 0.576. The second-order valence-corrected chi connectivity index (χ2v) is 6.45. The van der Waals surface area contributed by atoms with E-state index in [0.29, 0.717) is 12.0 Å². The van der Waals surface area contributed by atoms with E-state index >= 15 is 0 Å². The molecular weight excluding hydrogens is 241 g/mol. The van der Waals surface area contributed by atoms with E-state index in [1.54, 1.807) is 12.1 Å². The number of hydrogen-bond donors (Lipinski definition) is 1. The summed E-state index contributed by atoms with van der Waals surface area (Å²) in [6.45, 7) is 0.953. The zero-order valence-electron chi connectivity index (χ0n) is 9.74. The SMILES string of the molecule is CS(=O)(=O)c1c(F)cccc1CC1CCCN1. The van der Waals surface area contributed by atoms with Crippen LogP contribution < -0.4 is 5.32 Å². The first-order chi connectivity index (χ1) is 7.98. The Morgan fingerprint density at radius 1 is 1.47 bits per heavy atom. The fourth-order valence-corrected chi connectivity index (χ4v) is 3.38. The van der Waals surface area contributed by atoms with Gasteiger partial charge in [0, 0.05) is 12.3 Å². The summed E-state index contributed by atoms with van der Waals surface area (Å²) in [5.74, 6) is -0.650. The van der Waals surface area contributed by atoms with Gasteiger partial charge in [-0.15, -0.1) is 0 Å². The standard InChI is InChI=1S/C12H16FNO2S/c1-17(15,16)12-9(4-2-6-11(12)13)8-10-5-3-7-14-10/h2,4,6,10,14H,3,5,7-8H2,1H3. The van der Waals surface area contributed by atoms with Gasteiger partial charge in [-0.25, -0.2) is 12.8 Å². The van der Waals surface area contributed by atoms with Gasteiger partial charge in [-0.3, -0.25) is 0 Å². The van der Waals surface area contributed by atoms with Crippen LogP contribution in [0.5, 0.6) is 0 Å². The van der Waals surface area contributed by atoms with E-state index < -0.39 is 15.7 Å². The fraction of sp³-hybridized carbons (Fsp3) is 0.500. The van der Waals surface area contributed by atoms with E-state index in [1.807, 2.05) is 0 Å². The Kier molecular flexibility index (Phi) is 3.49. The van der Waals surface area contributed by atoms with Gasteiger partial charge in [-0.05, 0) is 37.4 Å². The molecule has 0 aliphatic carbocycles. The third-order valence-corrected chi connectivity index (χ3v) is 4.25. The maximum Gasteiger partial charge on any atom is 0.178 e. The topological polar surface area (TPSA) is 46.2 Å². The van der Waals surface area contributed by atoms with Crippen molar-refractivity contribution in [2.75, 3.05) is 12.8 Å². The first-order valence-electron chi connectivity index (χ1n) is 5.69. The molecule has 3 nitrogen and oxygen atoms in total. The summed E-state index contributed by atoms with van der Waals surface area (Å²) in [5, 5.41) is 3.29. The number of benzene rings is 1. The average Bonchev–Trinajstić information content (AvgIpc) is 2.68. The molecule has 1 aromatic carbocycles. The summed E-state index contributed by atoms with van der Waals surface area (Å²) in [7, 11) is -3.51. The van der Waals surface area contributed by atoms with Gasteiger partial charge in [-0.2, -0.15) is 0 Å². The largest absolute Gasteiger partial charge is 0.314 e. The molecule has 1 heterocycles. The van der Waals surface area contributed by atoms with Crippen molar-refractivity contribution in [2.45, 2.75) is 30.2 Å². The molecule has 0 amide bonds. The van der Waals surface area contributed by atoms with Crippen molar-refractivity contribution >= 4 is 9.84 Å². The third kappa shape index (κ3) is 2.84. The highest BCUT2D eigenvalue weighted by molar-refractivity contribution is 7.90. The third-order valence-electron chi connectivity index (χ3n) is 3.05. The lowest BCUT2D eigenvalue weighted by atomic mass is 10.0. The molecule has 0 bridgehead atoms. The van der Waals surface area contributed by atoms with Crippen LogP contribution in [0.25, 0.3) is 0 Å². The van der Waals surface area contributed by atoms with Gasteiger partial charge < -0.3 is 5.32 Å². The molecule has 5 heteroatoms. The zero-order chi connectivity index (χ0) is 12.5. The smallest absolute Gasteiger partial charge is 0.178 e. The predicted octanol–water partition coefficient (Wildman–Crippen LogP) is 1.52. The Balaban J connectivity index is 2.36. The molecule has 0 aromatic heterocycles. The lowest BCUT2D eigenvalue weighted by Gasteiger charge is -2.13. The maximum atomic E-state index is 13.6. The first kappa shape index (κ1) is 12.5. The zero-order valence-corrected chi connectivity index (χ0v) is 10.6. The monoisotopic (exact) mass is 257 g/mol. The Morgan fingerprint density at radius 2 is 2.24 bits per heavy atom. The van der Waals surface area contributed by atoms with Crippen LogP contribution in [0.3, 0.4) is 0 Å². The van der Waals surface area contributed by atoms with Gasteiger partial charge in [0.25, 0.3) is 0 Å². The van der Waals surface area contributed by atoms with Gasteiger partial charge in [0.05, 0.1) is 0 Å². The summed E-state index contributed by atoms with van der Waals surface area (Å²) < 4.78 is 36.8. The molecule has 2 rings (SSSR count). The van der Waals surface area contributed by atoms with Crippen LogP contribution in [0.15, 0.2) is 23.1 Å². The van der Waals surface area contributed by atoms with Gasteiger partial charge in [0.1, 0.15) is 10.7 Å². The number of halogens is 1. The Morgan fingerprint density at radius 3 is 2.82 bits per heavy atom. The molecule has 0 radical (unpaired) electrons. The maximum absolute atomic E-state index is 13.6. The minimum absolute atomic E-state index is 0.145. The number of sulfone groups is 1. The molecule has 1 atom stereocenters. The Hall–Kier alpha value is -0.940. The summed E-state index contributed by atoms with van der Waals surface area (Å²) in [6.07, 6.45) is 3.73. The highest BCUT2D eigenvalue weighted by atomic mass is 32.2. The minimum Gasteiger partial charge on any atom is -0.314 e. The normalized spacial score (nSPS) is 20.7. The van der Waals surface area contributed by atoms with Crippen LogP contribution in [0.4, 0.5) is 4.39 Å². The summed E-state index contributed by atoms with van der Waals surface area (Å²) in [4.78, 5) is -0.145. The molecule has 1 aliphatic heterocycles. The molecule has 1 aromatic rings. The van der Waals surface area contributed by atoms with Crippen molar-refractivity contribution in [3.63, 3.8) is 0 Å².